The molecule has 0 aromatic rings. The second-order valence-electron chi connectivity index (χ2n) is 0.250. The summed E-state index contributed by atoms with van der Waals surface area (Å²) in [6.07, 6.45) is -2.33. The fourth-order valence-corrected chi connectivity index (χ4v) is 0. The van der Waals surface area contributed by atoms with E-state index in [9.17, 15) is 0 Å². The van der Waals surface area contributed by atoms with Crippen LogP contribution < -0.4 is 69.3 Å². The Morgan fingerprint density at radius 2 is 1.25 bits per heavy atom. The van der Waals surface area contributed by atoms with E-state index in [2.05, 4.69) is 11.9 Å². The van der Waals surface area contributed by atoms with Crippen molar-refractivity contribution in [1.29, 1.82) is 0 Å². The van der Waals surface area contributed by atoms with Crippen molar-refractivity contribution in [1.82, 2.24) is 0 Å². The van der Waals surface area contributed by atoms with E-state index in [1.807, 2.05) is 0 Å². The van der Waals surface area contributed by atoms with Crippen molar-refractivity contribution in [3.05, 3.63) is 0 Å². The predicted molar refractivity (Wildman–Crippen MR) is 13.5 cm³/mol. The fraction of sp³-hybridized carbons (Fsp3) is 0. The standard InChI is InChI=1S/CH2O3.ClHO.2Na/c2-1(3)4;1-2;;/h(H2,2,3,4);2H;;/q;;2*+1/p-2. The largest absolute Gasteiger partial charge is 1.00 e. The molecular formula is CHClNa2O4. The number of halogens is 1. The van der Waals surface area contributed by atoms with Crippen LogP contribution in [0.2, 0.25) is 0 Å². The molecule has 0 aliphatic carbocycles. The summed E-state index contributed by atoms with van der Waals surface area (Å²) in [6.45, 7) is 0. The summed E-state index contributed by atoms with van der Waals surface area (Å²) in [5.41, 5.74) is 0. The monoisotopic (exact) mass is 158 g/mol. The molecule has 0 aliphatic rings. The van der Waals surface area contributed by atoms with Crippen LogP contribution in [0, 0.1) is 0 Å². The molecule has 4 nitrogen and oxygen atoms in total. The maximum Gasteiger partial charge on any atom is 1.00 e. The Kier molecular flexibility index (Phi) is 66.9. The van der Waals surface area contributed by atoms with Crippen LogP contribution in [0.1, 0.15) is 0 Å². The fourth-order valence-electron chi connectivity index (χ4n) is 0. The number of carbonyl (C=O) groups excluding carboxylic acids is 1. The van der Waals surface area contributed by atoms with E-state index in [4.69, 9.17) is 19.7 Å². The Balaban J connectivity index is -0.0000000183. The second kappa shape index (κ2) is 23.6. The molecular weight excluding hydrogens is 157 g/mol. The second-order valence-corrected chi connectivity index (χ2v) is 0.250. The van der Waals surface area contributed by atoms with E-state index < -0.39 is 6.16 Å². The van der Waals surface area contributed by atoms with Gasteiger partial charge in [0, 0.05) is 0 Å². The van der Waals surface area contributed by atoms with Crippen LogP contribution in [-0.2, 0) is 0 Å². The summed E-state index contributed by atoms with van der Waals surface area (Å²) >= 11 is 3.64. The van der Waals surface area contributed by atoms with Gasteiger partial charge in [-0.25, -0.2) is 0 Å². The summed E-state index contributed by atoms with van der Waals surface area (Å²) in [4.78, 5) is 8.33. The third-order valence-corrected chi connectivity index (χ3v) is 0. The van der Waals surface area contributed by atoms with Gasteiger partial charge in [0.1, 0.15) is 0 Å². The molecule has 0 spiro atoms. The van der Waals surface area contributed by atoms with Gasteiger partial charge < -0.3 is 15.0 Å². The van der Waals surface area contributed by atoms with E-state index in [-0.39, 0.29) is 59.1 Å². The van der Waals surface area contributed by atoms with Gasteiger partial charge in [-0.3, -0.25) is 4.66 Å². The van der Waals surface area contributed by atoms with Gasteiger partial charge in [-0.05, 0) is 6.16 Å². The molecule has 0 amide bonds. The first-order valence-corrected chi connectivity index (χ1v) is 1.12. The quantitative estimate of drug-likeness (QED) is 0.355. The smallest absolute Gasteiger partial charge is 0.652 e. The van der Waals surface area contributed by atoms with Gasteiger partial charge in [-0.15, -0.1) is 0 Å². The Hall–Kier alpha value is 1.52. The average molecular weight is 158 g/mol. The molecule has 0 radical (unpaired) electrons. The predicted octanol–water partition coefficient (Wildman–Crippen LogP) is -8.31. The van der Waals surface area contributed by atoms with Crippen molar-refractivity contribution in [2.45, 2.75) is 0 Å². The maximum absolute atomic E-state index is 8.33. The Labute approximate surface area is 95.6 Å². The van der Waals surface area contributed by atoms with Crippen LogP contribution in [0.25, 0.3) is 0 Å². The third kappa shape index (κ3) is 138. The normalized spacial score (nSPS) is 3.75. The zero-order valence-corrected chi connectivity index (χ0v) is 9.31. The molecule has 7 heteroatoms. The molecule has 0 aromatic heterocycles. The Morgan fingerprint density at radius 3 is 1.25 bits per heavy atom. The SMILES string of the molecule is O=C([O-])[O-].OCl.[Na+].[Na+]. The molecule has 0 rings (SSSR count). The van der Waals surface area contributed by atoms with Gasteiger partial charge in [0.05, 0.1) is 11.9 Å². The number of hydrogen-bond acceptors (Lipinski definition) is 4. The number of hydrogen-bond donors (Lipinski definition) is 1. The first-order valence-electron chi connectivity index (χ1n) is 0.781. The van der Waals surface area contributed by atoms with Crippen LogP contribution >= 0.6 is 11.9 Å². The van der Waals surface area contributed by atoms with E-state index in [0.29, 0.717) is 0 Å². The van der Waals surface area contributed by atoms with Crippen LogP contribution in [0.5, 0.6) is 0 Å². The van der Waals surface area contributed by atoms with Gasteiger partial charge >= 0.3 is 59.1 Å². The molecule has 0 aliphatic heterocycles. The van der Waals surface area contributed by atoms with Crippen molar-refractivity contribution in [2.24, 2.45) is 0 Å². The summed E-state index contributed by atoms with van der Waals surface area (Å²) < 4.78 is 6.47. The van der Waals surface area contributed by atoms with E-state index in [1.165, 1.54) is 0 Å². The zero-order valence-electron chi connectivity index (χ0n) is 4.55. The molecule has 0 saturated carbocycles. The van der Waals surface area contributed by atoms with Gasteiger partial charge in [0.15, 0.2) is 0 Å². The van der Waals surface area contributed by atoms with E-state index in [1.54, 1.807) is 0 Å². The van der Waals surface area contributed by atoms with Gasteiger partial charge in [-0.1, -0.05) is 0 Å². The summed E-state index contributed by atoms with van der Waals surface area (Å²) in [7, 11) is 0. The molecule has 0 unspecified atom stereocenters. The number of carbonyl (C=O) groups is 1. The molecule has 0 atom stereocenters. The minimum Gasteiger partial charge on any atom is -0.652 e. The average Bonchev–Trinajstić information content (AvgIpc) is 1.41. The van der Waals surface area contributed by atoms with Crippen LogP contribution in [0.15, 0.2) is 0 Å². The van der Waals surface area contributed by atoms with Crippen molar-refractivity contribution in [2.75, 3.05) is 0 Å². The zero-order chi connectivity index (χ0) is 5.58. The minimum absolute atomic E-state index is 0. The van der Waals surface area contributed by atoms with Gasteiger partial charge in [0.2, 0.25) is 0 Å². The summed E-state index contributed by atoms with van der Waals surface area (Å²) in [6, 6.07) is 0. The van der Waals surface area contributed by atoms with Gasteiger partial charge in [-0.2, -0.15) is 0 Å². The van der Waals surface area contributed by atoms with Crippen molar-refractivity contribution in [3.8, 4) is 0 Å². The third-order valence-electron chi connectivity index (χ3n) is 0. The Morgan fingerprint density at radius 1 is 1.25 bits per heavy atom. The van der Waals surface area contributed by atoms with Gasteiger partial charge in [0.25, 0.3) is 0 Å². The molecule has 0 fully saturated rings. The molecule has 0 bridgehead atoms. The topological polar surface area (TPSA) is 83.4 Å². The number of rotatable bonds is 0. The van der Waals surface area contributed by atoms with Crippen LogP contribution in [-0.4, -0.2) is 10.8 Å². The van der Waals surface area contributed by atoms with Crippen molar-refractivity contribution in [3.63, 3.8) is 0 Å². The van der Waals surface area contributed by atoms with Crippen molar-refractivity contribution < 1.29 is 78.8 Å². The number of carboxylic acid groups (broad SMARTS) is 2. The maximum atomic E-state index is 8.33. The van der Waals surface area contributed by atoms with E-state index in [0.717, 1.165) is 0 Å². The molecule has 1 N–H and O–H groups in total. The molecule has 0 heterocycles. The molecule has 38 valence electrons. The first kappa shape index (κ1) is 22.7. The first-order chi connectivity index (χ1) is 2.73. The van der Waals surface area contributed by atoms with E-state index >= 15 is 0 Å². The van der Waals surface area contributed by atoms with Crippen LogP contribution in [0.3, 0.4) is 0 Å². The molecule has 0 saturated heterocycles. The molecule has 0 aromatic carbocycles. The minimum atomic E-state index is -2.33. The molecule has 8 heavy (non-hydrogen) atoms. The Bertz CT molecular complexity index is 37.0. The summed E-state index contributed by atoms with van der Waals surface area (Å²) in [5, 5.41) is 16.7. The summed E-state index contributed by atoms with van der Waals surface area (Å²) in [5.74, 6) is 0. The van der Waals surface area contributed by atoms with Crippen molar-refractivity contribution >= 4 is 18.0 Å². The van der Waals surface area contributed by atoms with Crippen LogP contribution in [0.4, 0.5) is 4.79 Å².